The molecule has 1 aromatic carbocycles. The molecule has 1 aromatic rings. The smallest absolute Gasteiger partial charge is 0.206 e. The fourth-order valence-corrected chi connectivity index (χ4v) is 4.60. The Morgan fingerprint density at radius 2 is 1.52 bits per heavy atom. The Bertz CT molecular complexity index is 623. The Labute approximate surface area is 145 Å². The van der Waals surface area contributed by atoms with Crippen LogP contribution in [0, 0.1) is 29.4 Å². The Hall–Kier alpha value is -1.39. The van der Waals surface area contributed by atoms with Crippen LogP contribution in [-0.4, -0.2) is 6.18 Å². The average molecular weight is 358 g/mol. The Balaban J connectivity index is 1.77. The van der Waals surface area contributed by atoms with Gasteiger partial charge < -0.3 is 0 Å². The van der Waals surface area contributed by atoms with Crippen LogP contribution in [0.3, 0.4) is 0 Å². The normalized spacial score (nSPS) is 30.5. The zero-order valence-corrected chi connectivity index (χ0v) is 14.3. The highest BCUT2D eigenvalue weighted by atomic mass is 19.4. The third kappa shape index (κ3) is 4.42. The minimum Gasteiger partial charge on any atom is -0.206 e. The van der Waals surface area contributed by atoms with Crippen molar-refractivity contribution in [1.82, 2.24) is 0 Å². The van der Waals surface area contributed by atoms with E-state index in [0.29, 0.717) is 23.5 Å². The lowest BCUT2D eigenvalue weighted by atomic mass is 9.64. The SMILES string of the molecule is CC1CCC2CC(c3cc(F)c(/C=C/C(F)(F)F)c(F)c3)CCC2C1. The maximum Gasteiger partial charge on any atom is 0.409 e. The quantitative estimate of drug-likeness (QED) is 0.507. The first-order chi connectivity index (χ1) is 11.7. The fourth-order valence-electron chi connectivity index (χ4n) is 4.60. The van der Waals surface area contributed by atoms with Crippen LogP contribution in [0.2, 0.25) is 0 Å². The molecular formula is C20H23F5. The molecule has 4 unspecified atom stereocenters. The van der Waals surface area contributed by atoms with Gasteiger partial charge in [-0.1, -0.05) is 13.3 Å². The number of alkyl halides is 3. The minimum atomic E-state index is -4.59. The molecule has 0 N–H and O–H groups in total. The van der Waals surface area contributed by atoms with Gasteiger partial charge >= 0.3 is 6.18 Å². The average Bonchev–Trinajstić information content (AvgIpc) is 2.52. The molecule has 3 rings (SSSR count). The van der Waals surface area contributed by atoms with Crippen LogP contribution in [0.1, 0.15) is 62.5 Å². The zero-order chi connectivity index (χ0) is 18.2. The molecule has 0 radical (unpaired) electrons. The third-order valence-electron chi connectivity index (χ3n) is 5.89. The number of halogens is 5. The summed E-state index contributed by atoms with van der Waals surface area (Å²) >= 11 is 0. The van der Waals surface area contributed by atoms with Gasteiger partial charge in [0.1, 0.15) is 11.6 Å². The van der Waals surface area contributed by atoms with Crippen molar-refractivity contribution in [1.29, 1.82) is 0 Å². The maximum absolute atomic E-state index is 14.2. The largest absolute Gasteiger partial charge is 0.409 e. The lowest BCUT2D eigenvalue weighted by Gasteiger charge is -2.41. The van der Waals surface area contributed by atoms with Crippen LogP contribution in [0.15, 0.2) is 18.2 Å². The third-order valence-corrected chi connectivity index (χ3v) is 5.89. The molecule has 0 bridgehead atoms. The highest BCUT2D eigenvalue weighted by Gasteiger charge is 2.35. The molecule has 25 heavy (non-hydrogen) atoms. The van der Waals surface area contributed by atoms with Gasteiger partial charge in [0, 0.05) is 11.6 Å². The Kier molecular flexibility index (Phi) is 5.21. The molecule has 138 valence electrons. The van der Waals surface area contributed by atoms with Gasteiger partial charge in [0.15, 0.2) is 0 Å². The van der Waals surface area contributed by atoms with Crippen molar-refractivity contribution < 1.29 is 22.0 Å². The molecule has 0 saturated heterocycles. The molecular weight excluding hydrogens is 335 g/mol. The lowest BCUT2D eigenvalue weighted by Crippen LogP contribution is -2.29. The summed E-state index contributed by atoms with van der Waals surface area (Å²) in [5.74, 6) is 0.325. The molecule has 0 nitrogen and oxygen atoms in total. The van der Waals surface area contributed by atoms with Crippen molar-refractivity contribution >= 4 is 6.08 Å². The number of benzene rings is 1. The fraction of sp³-hybridized carbons (Fsp3) is 0.600. The first kappa shape index (κ1) is 18.4. The minimum absolute atomic E-state index is 0.0966. The van der Waals surface area contributed by atoms with Crippen molar-refractivity contribution in [3.05, 3.63) is 41.0 Å². The van der Waals surface area contributed by atoms with Gasteiger partial charge in [-0.05, 0) is 79.5 Å². The highest BCUT2D eigenvalue weighted by Crippen LogP contribution is 2.47. The molecule has 2 aliphatic rings. The maximum atomic E-state index is 14.2. The molecule has 2 saturated carbocycles. The first-order valence-electron chi connectivity index (χ1n) is 8.98. The van der Waals surface area contributed by atoms with E-state index in [1.165, 1.54) is 31.4 Å². The number of hydrogen-bond acceptors (Lipinski definition) is 0. The van der Waals surface area contributed by atoms with E-state index in [4.69, 9.17) is 0 Å². The van der Waals surface area contributed by atoms with Crippen LogP contribution in [0.25, 0.3) is 6.08 Å². The second-order valence-corrected chi connectivity index (χ2v) is 7.72. The number of hydrogen-bond donors (Lipinski definition) is 0. The molecule has 0 amide bonds. The van der Waals surface area contributed by atoms with E-state index in [1.807, 2.05) is 0 Å². The summed E-state index contributed by atoms with van der Waals surface area (Å²) in [5.41, 5.74) is -0.0440. The van der Waals surface area contributed by atoms with Crippen molar-refractivity contribution in [3.63, 3.8) is 0 Å². The highest BCUT2D eigenvalue weighted by molar-refractivity contribution is 5.52. The molecule has 2 fully saturated rings. The molecule has 0 heterocycles. The first-order valence-corrected chi connectivity index (χ1v) is 8.98. The topological polar surface area (TPSA) is 0 Å². The predicted molar refractivity (Wildman–Crippen MR) is 88.0 cm³/mol. The van der Waals surface area contributed by atoms with Crippen LogP contribution in [0.5, 0.6) is 0 Å². The summed E-state index contributed by atoms with van der Waals surface area (Å²) in [6.07, 6.45) is 2.24. The molecule has 4 atom stereocenters. The number of allylic oxidation sites excluding steroid dienone is 1. The second-order valence-electron chi connectivity index (χ2n) is 7.72. The van der Waals surface area contributed by atoms with Crippen LogP contribution >= 0.6 is 0 Å². The molecule has 0 spiro atoms. The summed E-state index contributed by atoms with van der Waals surface area (Å²) < 4.78 is 65.0. The summed E-state index contributed by atoms with van der Waals surface area (Å²) in [7, 11) is 0. The van der Waals surface area contributed by atoms with E-state index >= 15 is 0 Å². The van der Waals surface area contributed by atoms with Crippen molar-refractivity contribution in [2.24, 2.45) is 17.8 Å². The van der Waals surface area contributed by atoms with Crippen LogP contribution in [0.4, 0.5) is 22.0 Å². The van der Waals surface area contributed by atoms with Crippen LogP contribution in [-0.2, 0) is 0 Å². The number of rotatable bonds is 2. The van der Waals surface area contributed by atoms with Crippen molar-refractivity contribution in [3.8, 4) is 0 Å². The Morgan fingerprint density at radius 1 is 0.920 bits per heavy atom. The standard InChI is InChI=1S/C20H23F5/c1-12-2-3-14-9-15(5-4-13(14)8-12)16-10-18(21)17(19(22)11-16)6-7-20(23,24)25/h6-7,10-15H,2-5,8-9H2,1H3/b7-6+. The van der Waals surface area contributed by atoms with E-state index in [2.05, 4.69) is 6.92 Å². The summed E-state index contributed by atoms with van der Waals surface area (Å²) in [6, 6.07) is 2.44. The summed E-state index contributed by atoms with van der Waals surface area (Å²) in [4.78, 5) is 0. The van der Waals surface area contributed by atoms with Crippen molar-refractivity contribution in [2.45, 2.75) is 57.5 Å². The predicted octanol–water partition coefficient (Wildman–Crippen LogP) is 6.86. The van der Waals surface area contributed by atoms with Gasteiger partial charge in [-0.2, -0.15) is 13.2 Å². The van der Waals surface area contributed by atoms with Gasteiger partial charge in [0.25, 0.3) is 0 Å². The van der Waals surface area contributed by atoms with Gasteiger partial charge in [0.05, 0.1) is 0 Å². The molecule has 0 aromatic heterocycles. The molecule has 0 aliphatic heterocycles. The van der Waals surface area contributed by atoms with Gasteiger partial charge in [0.2, 0.25) is 0 Å². The van der Waals surface area contributed by atoms with Crippen LogP contribution < -0.4 is 0 Å². The van der Waals surface area contributed by atoms with E-state index in [0.717, 1.165) is 25.2 Å². The zero-order valence-electron chi connectivity index (χ0n) is 14.3. The molecule has 2 aliphatic carbocycles. The van der Waals surface area contributed by atoms with E-state index < -0.39 is 23.4 Å². The van der Waals surface area contributed by atoms with E-state index in [9.17, 15) is 22.0 Å². The summed E-state index contributed by atoms with van der Waals surface area (Å²) in [6.45, 7) is 2.28. The van der Waals surface area contributed by atoms with E-state index in [1.54, 1.807) is 0 Å². The number of fused-ring (bicyclic) bond motifs is 1. The lowest BCUT2D eigenvalue weighted by molar-refractivity contribution is -0.0790. The van der Waals surface area contributed by atoms with Crippen molar-refractivity contribution in [2.75, 3.05) is 0 Å². The molecule has 5 heteroatoms. The Morgan fingerprint density at radius 3 is 2.16 bits per heavy atom. The van der Waals surface area contributed by atoms with Gasteiger partial charge in [-0.25, -0.2) is 8.78 Å². The summed E-state index contributed by atoms with van der Waals surface area (Å²) in [5, 5.41) is 0. The monoisotopic (exact) mass is 358 g/mol. The van der Waals surface area contributed by atoms with E-state index in [-0.39, 0.29) is 12.0 Å². The van der Waals surface area contributed by atoms with Gasteiger partial charge in [-0.3, -0.25) is 0 Å². The second kappa shape index (κ2) is 7.08. The van der Waals surface area contributed by atoms with Gasteiger partial charge in [-0.15, -0.1) is 0 Å².